The summed E-state index contributed by atoms with van der Waals surface area (Å²) in [7, 11) is 0. The number of benzene rings is 1. The van der Waals surface area contributed by atoms with E-state index in [2.05, 4.69) is 21.0 Å². The van der Waals surface area contributed by atoms with E-state index in [1.807, 2.05) is 34.7 Å². The van der Waals surface area contributed by atoms with E-state index >= 15 is 0 Å². The van der Waals surface area contributed by atoms with E-state index < -0.39 is 0 Å². The van der Waals surface area contributed by atoms with Gasteiger partial charge in [-0.1, -0.05) is 6.07 Å². The number of hydrogen-bond acceptors (Lipinski definition) is 5. The Morgan fingerprint density at radius 1 is 1.06 bits per heavy atom. The predicted molar refractivity (Wildman–Crippen MR) is 120 cm³/mol. The van der Waals surface area contributed by atoms with Gasteiger partial charge in [0.2, 0.25) is 5.91 Å². The number of piperazine rings is 1. The minimum atomic E-state index is -0.229. The first kappa shape index (κ1) is 20.6. The van der Waals surface area contributed by atoms with Crippen molar-refractivity contribution < 1.29 is 9.18 Å². The molecule has 2 aromatic heterocycles. The lowest BCUT2D eigenvalue weighted by Gasteiger charge is -2.37. The molecule has 0 atom stereocenters. The number of carbonyl (C=O) groups is 1. The molecule has 8 heteroatoms. The first-order valence-corrected chi connectivity index (χ1v) is 11.1. The van der Waals surface area contributed by atoms with Crippen LogP contribution in [0.1, 0.15) is 17.0 Å². The van der Waals surface area contributed by atoms with Crippen molar-refractivity contribution in [1.82, 2.24) is 24.6 Å². The number of aryl methyl sites for hydroxylation is 1. The third-order valence-electron chi connectivity index (χ3n) is 6.25. The second kappa shape index (κ2) is 8.70. The molecule has 166 valence electrons. The molecular weight excluding hydrogens is 407 g/mol. The maximum Gasteiger partial charge on any atom is 0.236 e. The fraction of sp³-hybridized carbons (Fsp3) is 0.375. The Bertz CT molecular complexity index is 1120. The molecule has 4 heterocycles. The molecule has 2 aliphatic heterocycles. The van der Waals surface area contributed by atoms with Crippen LogP contribution in [0.4, 0.5) is 10.1 Å². The summed E-state index contributed by atoms with van der Waals surface area (Å²) in [5.74, 6) is -0.0719. The monoisotopic (exact) mass is 434 g/mol. The van der Waals surface area contributed by atoms with Crippen LogP contribution in [0.3, 0.4) is 0 Å². The van der Waals surface area contributed by atoms with Gasteiger partial charge < -0.3 is 9.80 Å². The van der Waals surface area contributed by atoms with Gasteiger partial charge in [-0.15, -0.1) is 0 Å². The molecule has 32 heavy (non-hydrogen) atoms. The number of rotatable bonds is 4. The zero-order chi connectivity index (χ0) is 22.1. The van der Waals surface area contributed by atoms with Crippen LogP contribution in [0, 0.1) is 12.7 Å². The smallest absolute Gasteiger partial charge is 0.236 e. The summed E-state index contributed by atoms with van der Waals surface area (Å²) in [6.07, 6.45) is 4.70. The van der Waals surface area contributed by atoms with Crippen LogP contribution in [-0.2, 0) is 17.8 Å². The summed E-state index contributed by atoms with van der Waals surface area (Å²) in [6.45, 7) is 6.70. The van der Waals surface area contributed by atoms with Gasteiger partial charge in [0.15, 0.2) is 0 Å². The number of carbonyl (C=O) groups excluding carboxylic acids is 1. The first-order valence-electron chi connectivity index (χ1n) is 11.1. The molecule has 0 unspecified atom stereocenters. The average molecular weight is 435 g/mol. The summed E-state index contributed by atoms with van der Waals surface area (Å²) in [6, 6.07) is 10.6. The van der Waals surface area contributed by atoms with Crippen molar-refractivity contribution in [3.05, 3.63) is 71.6 Å². The third kappa shape index (κ3) is 4.36. The Hall–Kier alpha value is -3.26. The zero-order valence-electron chi connectivity index (χ0n) is 18.2. The fourth-order valence-corrected chi connectivity index (χ4v) is 4.49. The molecule has 0 bridgehead atoms. The van der Waals surface area contributed by atoms with Crippen molar-refractivity contribution >= 4 is 11.6 Å². The van der Waals surface area contributed by atoms with Gasteiger partial charge in [0.1, 0.15) is 5.82 Å². The van der Waals surface area contributed by atoms with E-state index in [1.165, 1.54) is 11.6 Å². The van der Waals surface area contributed by atoms with E-state index in [0.717, 1.165) is 55.4 Å². The maximum absolute atomic E-state index is 13.5. The zero-order valence-corrected chi connectivity index (χ0v) is 18.2. The summed E-state index contributed by atoms with van der Waals surface area (Å²) in [5, 5.41) is 4.74. The van der Waals surface area contributed by atoms with Crippen LogP contribution in [0.2, 0.25) is 0 Å². The second-order valence-corrected chi connectivity index (χ2v) is 8.51. The molecule has 0 saturated carbocycles. The van der Waals surface area contributed by atoms with Crippen LogP contribution in [0.5, 0.6) is 0 Å². The highest BCUT2D eigenvalue weighted by atomic mass is 19.1. The Morgan fingerprint density at radius 3 is 2.69 bits per heavy atom. The second-order valence-electron chi connectivity index (χ2n) is 8.51. The minimum absolute atomic E-state index is 0.157. The molecule has 1 amide bonds. The predicted octanol–water partition coefficient (Wildman–Crippen LogP) is 2.42. The number of aromatic nitrogens is 3. The number of hydrogen-bond donors (Lipinski definition) is 0. The first-order chi connectivity index (χ1) is 15.5. The number of nitrogens with zero attached hydrogens (tertiary/aromatic N) is 6. The molecule has 0 radical (unpaired) electrons. The van der Waals surface area contributed by atoms with Gasteiger partial charge in [0.05, 0.1) is 17.9 Å². The Balaban J connectivity index is 1.17. The van der Waals surface area contributed by atoms with Gasteiger partial charge in [-0.2, -0.15) is 5.10 Å². The molecule has 5 rings (SSSR count). The number of fused-ring (bicyclic) bond motifs is 1. The van der Waals surface area contributed by atoms with Crippen LogP contribution in [0.25, 0.3) is 5.69 Å². The van der Waals surface area contributed by atoms with Crippen LogP contribution < -0.4 is 4.90 Å². The molecule has 3 aromatic rings. The van der Waals surface area contributed by atoms with Gasteiger partial charge in [-0.25, -0.2) is 9.07 Å². The molecule has 0 aliphatic carbocycles. The Labute approximate surface area is 187 Å². The molecule has 0 N–H and O–H groups in total. The molecule has 1 fully saturated rings. The quantitative estimate of drug-likeness (QED) is 0.631. The van der Waals surface area contributed by atoms with Crippen molar-refractivity contribution in [2.24, 2.45) is 0 Å². The molecule has 7 nitrogen and oxygen atoms in total. The molecule has 1 aromatic carbocycles. The summed E-state index contributed by atoms with van der Waals surface area (Å²) < 4.78 is 15.4. The summed E-state index contributed by atoms with van der Waals surface area (Å²) in [5.41, 5.74) is 5.12. The van der Waals surface area contributed by atoms with Crippen LogP contribution in [0.15, 0.2) is 48.8 Å². The van der Waals surface area contributed by atoms with Crippen molar-refractivity contribution in [2.75, 3.05) is 44.2 Å². The molecule has 2 aliphatic rings. The highest BCUT2D eigenvalue weighted by molar-refractivity contribution is 5.78. The van der Waals surface area contributed by atoms with E-state index in [9.17, 15) is 9.18 Å². The topological polar surface area (TPSA) is 57.5 Å². The van der Waals surface area contributed by atoms with Gasteiger partial charge in [0.25, 0.3) is 0 Å². The van der Waals surface area contributed by atoms with Crippen molar-refractivity contribution in [3.63, 3.8) is 0 Å². The molecule has 1 saturated heterocycles. The summed E-state index contributed by atoms with van der Waals surface area (Å²) >= 11 is 0. The normalized spacial score (nSPS) is 16.8. The number of amides is 1. The number of halogens is 1. The highest BCUT2D eigenvalue weighted by Gasteiger charge is 2.26. The lowest BCUT2D eigenvalue weighted by molar-refractivity contribution is -0.132. The van der Waals surface area contributed by atoms with Gasteiger partial charge in [-0.3, -0.25) is 14.7 Å². The van der Waals surface area contributed by atoms with Crippen molar-refractivity contribution in [2.45, 2.75) is 19.9 Å². The fourth-order valence-electron chi connectivity index (χ4n) is 4.49. The Kier molecular flexibility index (Phi) is 5.61. The lowest BCUT2D eigenvalue weighted by Crippen LogP contribution is -2.51. The van der Waals surface area contributed by atoms with E-state index in [0.29, 0.717) is 19.6 Å². The lowest BCUT2D eigenvalue weighted by atomic mass is 10.1. The minimum Gasteiger partial charge on any atom is -0.368 e. The Morgan fingerprint density at radius 2 is 1.91 bits per heavy atom. The van der Waals surface area contributed by atoms with Crippen molar-refractivity contribution in [3.8, 4) is 5.69 Å². The summed E-state index contributed by atoms with van der Waals surface area (Å²) in [4.78, 5) is 23.4. The number of pyridine rings is 1. The van der Waals surface area contributed by atoms with Crippen LogP contribution in [-0.4, -0.2) is 69.7 Å². The largest absolute Gasteiger partial charge is 0.368 e. The third-order valence-corrected chi connectivity index (χ3v) is 6.25. The van der Waals surface area contributed by atoms with Crippen LogP contribution >= 0.6 is 0 Å². The van der Waals surface area contributed by atoms with E-state index in [-0.39, 0.29) is 11.7 Å². The van der Waals surface area contributed by atoms with Gasteiger partial charge in [-0.05, 0) is 37.3 Å². The highest BCUT2D eigenvalue weighted by Crippen LogP contribution is 2.21. The number of anilines is 1. The molecular formula is C24H27FN6O. The van der Waals surface area contributed by atoms with Gasteiger partial charge in [0, 0.05) is 75.0 Å². The van der Waals surface area contributed by atoms with Crippen molar-refractivity contribution in [1.29, 1.82) is 0 Å². The maximum atomic E-state index is 13.5. The SMILES string of the molecule is Cc1cc(-n2cc3c(n2)CCN(CC(=O)N2CCN(c4cccc(F)c4)CC2)C3)ccn1. The molecule has 0 spiro atoms. The van der Waals surface area contributed by atoms with E-state index in [1.54, 1.807) is 18.3 Å². The van der Waals surface area contributed by atoms with E-state index in [4.69, 9.17) is 5.10 Å². The average Bonchev–Trinajstić information content (AvgIpc) is 3.23. The van der Waals surface area contributed by atoms with Gasteiger partial charge >= 0.3 is 0 Å². The standard InChI is InChI=1S/C24H27FN6O/c1-18-13-22(5-7-26-18)31-16-19-15-28(8-6-23(19)27-31)17-24(32)30-11-9-29(10-12-30)21-4-2-3-20(25)14-21/h2-5,7,13-14,16H,6,8-12,15,17H2,1H3.